The fourth-order valence-electron chi connectivity index (χ4n) is 3.43. The topological polar surface area (TPSA) is 147 Å². The standard InChI is InChI=1S/C18H22N10/c1-27-5-2-12-14(27)8-15(28-6-3-22-4-7-28)13(24-12)10-23-17-11(9-19)16(20)25-18(21)26-17/h2,5,8,22H,3-4,6-7,10H2,1H3,(H5,20,21,23,25,26). The summed E-state index contributed by atoms with van der Waals surface area (Å²) in [6.45, 7) is 4.04. The van der Waals surface area contributed by atoms with Crippen LogP contribution in [0.3, 0.4) is 0 Å². The molecule has 0 aliphatic carbocycles. The van der Waals surface area contributed by atoms with Crippen LogP contribution in [0.15, 0.2) is 18.3 Å². The van der Waals surface area contributed by atoms with E-state index in [1.54, 1.807) is 0 Å². The van der Waals surface area contributed by atoms with Gasteiger partial charge in [0.2, 0.25) is 5.95 Å². The van der Waals surface area contributed by atoms with Crippen molar-refractivity contribution in [1.82, 2.24) is 24.8 Å². The quantitative estimate of drug-likeness (QED) is 0.507. The van der Waals surface area contributed by atoms with E-state index in [-0.39, 0.29) is 17.3 Å². The Morgan fingerprint density at radius 1 is 1.25 bits per heavy atom. The summed E-state index contributed by atoms with van der Waals surface area (Å²) in [5.74, 6) is 0.396. The average Bonchev–Trinajstić information content (AvgIpc) is 3.06. The third kappa shape index (κ3) is 3.23. The Hall–Kier alpha value is -3.58. The number of nitrogens with one attached hydrogen (secondary N) is 2. The van der Waals surface area contributed by atoms with E-state index in [1.165, 1.54) is 0 Å². The van der Waals surface area contributed by atoms with Gasteiger partial charge in [0.15, 0.2) is 5.82 Å². The minimum absolute atomic E-state index is 0.0211. The third-order valence-electron chi connectivity index (χ3n) is 4.87. The Kier molecular flexibility index (Phi) is 4.58. The first-order valence-corrected chi connectivity index (χ1v) is 9.04. The molecule has 10 nitrogen and oxygen atoms in total. The van der Waals surface area contributed by atoms with E-state index < -0.39 is 0 Å². The van der Waals surface area contributed by atoms with Crippen molar-refractivity contribution >= 4 is 34.3 Å². The number of rotatable bonds is 4. The first-order valence-electron chi connectivity index (χ1n) is 9.04. The van der Waals surface area contributed by atoms with Gasteiger partial charge >= 0.3 is 0 Å². The van der Waals surface area contributed by atoms with Crippen LogP contribution >= 0.6 is 0 Å². The zero-order valence-electron chi connectivity index (χ0n) is 15.6. The van der Waals surface area contributed by atoms with E-state index in [1.807, 2.05) is 25.4 Å². The normalized spacial score (nSPS) is 14.2. The molecule has 0 amide bonds. The number of pyridine rings is 1. The van der Waals surface area contributed by atoms with Crippen molar-refractivity contribution in [1.29, 1.82) is 5.26 Å². The number of aromatic nitrogens is 4. The summed E-state index contributed by atoms with van der Waals surface area (Å²) in [6.07, 6.45) is 2.00. The van der Waals surface area contributed by atoms with Crippen LogP contribution in [0.25, 0.3) is 11.0 Å². The molecule has 144 valence electrons. The molecule has 0 saturated carbocycles. The van der Waals surface area contributed by atoms with E-state index in [2.05, 4.69) is 36.1 Å². The molecule has 0 radical (unpaired) electrons. The van der Waals surface area contributed by atoms with Gasteiger partial charge in [-0.15, -0.1) is 0 Å². The van der Waals surface area contributed by atoms with Crippen LogP contribution < -0.4 is 27.0 Å². The lowest BCUT2D eigenvalue weighted by atomic mass is 10.2. The number of piperazine rings is 1. The molecule has 10 heteroatoms. The predicted molar refractivity (Wildman–Crippen MR) is 109 cm³/mol. The van der Waals surface area contributed by atoms with Crippen LogP contribution in [-0.2, 0) is 13.6 Å². The Balaban J connectivity index is 1.71. The second-order valence-electron chi connectivity index (χ2n) is 6.68. The van der Waals surface area contributed by atoms with Gasteiger partial charge in [0.1, 0.15) is 17.5 Å². The summed E-state index contributed by atoms with van der Waals surface area (Å²) >= 11 is 0. The number of anilines is 4. The molecular formula is C18H22N10. The highest BCUT2D eigenvalue weighted by molar-refractivity contribution is 5.81. The summed E-state index contributed by atoms with van der Waals surface area (Å²) < 4.78 is 2.06. The van der Waals surface area contributed by atoms with E-state index in [4.69, 9.17) is 16.5 Å². The van der Waals surface area contributed by atoms with Gasteiger partial charge in [-0.3, -0.25) is 0 Å². The summed E-state index contributed by atoms with van der Waals surface area (Å²) in [7, 11) is 2.01. The number of nitrogens with two attached hydrogens (primary N) is 2. The van der Waals surface area contributed by atoms with Crippen LogP contribution in [0.5, 0.6) is 0 Å². The molecule has 0 unspecified atom stereocenters. The molecule has 1 aliphatic heterocycles. The zero-order valence-corrected chi connectivity index (χ0v) is 15.6. The third-order valence-corrected chi connectivity index (χ3v) is 4.87. The number of hydrogen-bond acceptors (Lipinski definition) is 9. The molecule has 1 fully saturated rings. The van der Waals surface area contributed by atoms with Gasteiger partial charge in [-0.2, -0.15) is 15.2 Å². The molecule has 0 aromatic carbocycles. The molecule has 1 saturated heterocycles. The summed E-state index contributed by atoms with van der Waals surface area (Å²) in [6, 6.07) is 6.18. The van der Waals surface area contributed by atoms with Crippen molar-refractivity contribution in [2.24, 2.45) is 7.05 Å². The first kappa shape index (κ1) is 17.8. The van der Waals surface area contributed by atoms with Crippen LogP contribution in [-0.4, -0.2) is 45.7 Å². The zero-order chi connectivity index (χ0) is 19.7. The summed E-state index contributed by atoms with van der Waals surface area (Å²) in [4.78, 5) is 15.1. The highest BCUT2D eigenvalue weighted by atomic mass is 15.2. The summed E-state index contributed by atoms with van der Waals surface area (Å²) in [5.41, 5.74) is 15.6. The Morgan fingerprint density at radius 2 is 2.04 bits per heavy atom. The van der Waals surface area contributed by atoms with E-state index in [9.17, 15) is 5.26 Å². The molecule has 28 heavy (non-hydrogen) atoms. The second-order valence-corrected chi connectivity index (χ2v) is 6.68. The fraction of sp³-hybridized carbons (Fsp3) is 0.333. The van der Waals surface area contributed by atoms with E-state index in [0.29, 0.717) is 12.4 Å². The lowest BCUT2D eigenvalue weighted by molar-refractivity contribution is 0.587. The Bertz CT molecular complexity index is 1060. The molecule has 4 rings (SSSR count). The minimum atomic E-state index is 0.0211. The largest absolute Gasteiger partial charge is 0.382 e. The maximum Gasteiger partial charge on any atom is 0.224 e. The monoisotopic (exact) mass is 378 g/mol. The van der Waals surface area contributed by atoms with Gasteiger partial charge in [0, 0.05) is 39.4 Å². The first-order chi connectivity index (χ1) is 13.6. The van der Waals surface area contributed by atoms with Gasteiger partial charge in [0.25, 0.3) is 0 Å². The number of aryl methyl sites for hydroxylation is 1. The van der Waals surface area contributed by atoms with E-state index >= 15 is 0 Å². The molecular weight excluding hydrogens is 356 g/mol. The van der Waals surface area contributed by atoms with Crippen molar-refractivity contribution in [3.05, 3.63) is 29.6 Å². The Morgan fingerprint density at radius 3 is 2.79 bits per heavy atom. The smallest absolute Gasteiger partial charge is 0.224 e. The van der Waals surface area contributed by atoms with Crippen molar-refractivity contribution in [3.63, 3.8) is 0 Å². The Labute approximate surface area is 162 Å². The van der Waals surface area contributed by atoms with Crippen LogP contribution in [0.4, 0.5) is 23.3 Å². The van der Waals surface area contributed by atoms with Gasteiger partial charge in [-0.05, 0) is 12.1 Å². The van der Waals surface area contributed by atoms with Crippen molar-refractivity contribution in [3.8, 4) is 6.07 Å². The van der Waals surface area contributed by atoms with Crippen molar-refractivity contribution < 1.29 is 0 Å². The van der Waals surface area contributed by atoms with Crippen molar-refractivity contribution in [2.45, 2.75) is 6.54 Å². The van der Waals surface area contributed by atoms with Crippen LogP contribution in [0.1, 0.15) is 11.3 Å². The molecule has 0 bridgehead atoms. The highest BCUT2D eigenvalue weighted by Crippen LogP contribution is 2.27. The fourth-order valence-corrected chi connectivity index (χ4v) is 3.43. The minimum Gasteiger partial charge on any atom is -0.382 e. The maximum atomic E-state index is 9.37. The second kappa shape index (κ2) is 7.21. The van der Waals surface area contributed by atoms with E-state index in [0.717, 1.165) is 48.6 Å². The molecule has 3 aromatic heterocycles. The van der Waals surface area contributed by atoms with Crippen molar-refractivity contribution in [2.75, 3.05) is 47.9 Å². The number of nitrogens with zero attached hydrogens (tertiary/aromatic N) is 6. The van der Waals surface area contributed by atoms with Gasteiger partial charge < -0.3 is 31.6 Å². The average molecular weight is 378 g/mol. The molecule has 0 spiro atoms. The summed E-state index contributed by atoms with van der Waals surface area (Å²) in [5, 5.41) is 15.9. The van der Waals surface area contributed by atoms with Gasteiger partial charge in [0.05, 0.1) is 29.0 Å². The maximum absolute atomic E-state index is 9.37. The lowest BCUT2D eigenvalue weighted by Gasteiger charge is -2.31. The van der Waals surface area contributed by atoms with Crippen LogP contribution in [0.2, 0.25) is 0 Å². The predicted octanol–water partition coefficient (Wildman–Crippen LogP) is 0.421. The van der Waals surface area contributed by atoms with Crippen LogP contribution in [0, 0.1) is 11.3 Å². The number of hydrogen-bond donors (Lipinski definition) is 4. The van der Waals surface area contributed by atoms with Gasteiger partial charge in [-0.25, -0.2) is 4.98 Å². The lowest BCUT2D eigenvalue weighted by Crippen LogP contribution is -2.44. The molecule has 0 atom stereocenters. The van der Waals surface area contributed by atoms with Gasteiger partial charge in [-0.1, -0.05) is 0 Å². The number of nitrogen functional groups attached to an aromatic ring is 2. The number of fused-ring (bicyclic) bond motifs is 1. The molecule has 4 heterocycles. The highest BCUT2D eigenvalue weighted by Gasteiger charge is 2.18. The number of nitriles is 1. The molecule has 3 aromatic rings. The molecule has 6 N–H and O–H groups in total. The SMILES string of the molecule is Cn1ccc2nc(CNc3nc(N)nc(N)c3C#N)c(N3CCNCC3)cc21. The molecule has 1 aliphatic rings.